The van der Waals surface area contributed by atoms with Gasteiger partial charge < -0.3 is 14.9 Å². The van der Waals surface area contributed by atoms with Crippen molar-refractivity contribution in [2.75, 3.05) is 26.2 Å². The van der Waals surface area contributed by atoms with Gasteiger partial charge >= 0.3 is 0 Å². The van der Waals surface area contributed by atoms with E-state index in [1.807, 2.05) is 19.1 Å². The number of hydrogen-bond donors (Lipinski definition) is 1. The molecule has 4 heteroatoms. The quantitative estimate of drug-likeness (QED) is 0.716. The van der Waals surface area contributed by atoms with Crippen LogP contribution in [0.2, 0.25) is 0 Å². The van der Waals surface area contributed by atoms with Gasteiger partial charge in [-0.05, 0) is 32.0 Å². The third-order valence-corrected chi connectivity index (χ3v) is 2.84. The summed E-state index contributed by atoms with van der Waals surface area (Å²) in [6.07, 6.45) is 2.86. The molecule has 1 unspecified atom stereocenters. The van der Waals surface area contributed by atoms with Crippen LogP contribution in [0.15, 0.2) is 22.8 Å². The molecule has 4 nitrogen and oxygen atoms in total. The van der Waals surface area contributed by atoms with E-state index in [0.717, 1.165) is 38.4 Å². The van der Waals surface area contributed by atoms with Crippen molar-refractivity contribution in [3.63, 3.8) is 0 Å². The summed E-state index contributed by atoms with van der Waals surface area (Å²) in [7, 11) is 0. The van der Waals surface area contributed by atoms with Crippen molar-refractivity contribution in [1.82, 2.24) is 4.90 Å². The second-order valence-corrected chi connectivity index (χ2v) is 4.05. The number of rotatable bonds is 9. The Hall–Kier alpha value is -0.840. The zero-order chi connectivity index (χ0) is 12.5. The molecule has 1 aromatic rings. The molecule has 0 aromatic carbocycles. The van der Waals surface area contributed by atoms with Crippen LogP contribution in [0.1, 0.15) is 26.0 Å². The van der Waals surface area contributed by atoms with Crippen molar-refractivity contribution in [3.05, 3.63) is 24.2 Å². The van der Waals surface area contributed by atoms with Gasteiger partial charge in [0.25, 0.3) is 0 Å². The summed E-state index contributed by atoms with van der Waals surface area (Å²) < 4.78 is 10.9. The maximum atomic E-state index is 5.66. The van der Waals surface area contributed by atoms with Crippen LogP contribution >= 0.6 is 0 Å². The highest BCUT2D eigenvalue weighted by Crippen LogP contribution is 2.07. The highest BCUT2D eigenvalue weighted by Gasteiger charge is 2.10. The molecule has 0 saturated carbocycles. The molecule has 98 valence electrons. The predicted octanol–water partition coefficient (Wildman–Crippen LogP) is 1.86. The van der Waals surface area contributed by atoms with Gasteiger partial charge in [0.1, 0.15) is 5.76 Å². The van der Waals surface area contributed by atoms with Crippen LogP contribution in [0, 0.1) is 0 Å². The van der Waals surface area contributed by atoms with E-state index in [4.69, 9.17) is 14.9 Å². The van der Waals surface area contributed by atoms with E-state index < -0.39 is 0 Å². The first-order chi connectivity index (χ1) is 8.30. The zero-order valence-corrected chi connectivity index (χ0v) is 10.9. The van der Waals surface area contributed by atoms with Crippen LogP contribution < -0.4 is 5.73 Å². The zero-order valence-electron chi connectivity index (χ0n) is 10.9. The monoisotopic (exact) mass is 240 g/mol. The van der Waals surface area contributed by atoms with Crippen LogP contribution in [-0.4, -0.2) is 37.2 Å². The number of nitrogens with zero attached hydrogens (tertiary/aromatic N) is 1. The van der Waals surface area contributed by atoms with Gasteiger partial charge in [0.15, 0.2) is 0 Å². The van der Waals surface area contributed by atoms with Crippen molar-refractivity contribution in [1.29, 1.82) is 0 Å². The third-order valence-electron chi connectivity index (χ3n) is 2.84. The fraction of sp³-hybridized carbons (Fsp3) is 0.692. The average molecular weight is 240 g/mol. The maximum absolute atomic E-state index is 5.66. The van der Waals surface area contributed by atoms with Crippen molar-refractivity contribution in [2.24, 2.45) is 5.73 Å². The lowest BCUT2D eigenvalue weighted by molar-refractivity contribution is 0.0535. The van der Waals surface area contributed by atoms with Gasteiger partial charge in [0.2, 0.25) is 0 Å². The van der Waals surface area contributed by atoms with Gasteiger partial charge in [-0.1, -0.05) is 6.92 Å². The average Bonchev–Trinajstić information content (AvgIpc) is 2.85. The Kier molecular flexibility index (Phi) is 6.93. The molecule has 2 N–H and O–H groups in total. The lowest BCUT2D eigenvalue weighted by atomic mass is 10.2. The highest BCUT2D eigenvalue weighted by molar-refractivity contribution is 4.97. The van der Waals surface area contributed by atoms with Gasteiger partial charge in [-0.25, -0.2) is 0 Å². The smallest absolute Gasteiger partial charge is 0.117 e. The van der Waals surface area contributed by atoms with E-state index >= 15 is 0 Å². The van der Waals surface area contributed by atoms with E-state index in [9.17, 15) is 0 Å². The summed E-state index contributed by atoms with van der Waals surface area (Å²) in [5, 5.41) is 0. The molecule has 0 fully saturated rings. The first-order valence-corrected chi connectivity index (χ1v) is 6.36. The minimum Gasteiger partial charge on any atom is -0.468 e. The number of ether oxygens (including phenoxy) is 1. The molecule has 1 atom stereocenters. The topological polar surface area (TPSA) is 51.6 Å². The molecule has 1 heterocycles. The Bertz CT molecular complexity index is 275. The minimum absolute atomic E-state index is 0.172. The van der Waals surface area contributed by atoms with Gasteiger partial charge in [-0.3, -0.25) is 4.90 Å². The molecule has 0 aliphatic heterocycles. The van der Waals surface area contributed by atoms with Crippen LogP contribution in [-0.2, 0) is 11.3 Å². The highest BCUT2D eigenvalue weighted by atomic mass is 16.5. The van der Waals surface area contributed by atoms with Crippen molar-refractivity contribution in [3.8, 4) is 0 Å². The standard InChI is InChI=1S/C13H24N2O2/c1-3-15(11-13-6-5-9-17-13)8-7-12(10-14)16-4-2/h5-6,9,12H,3-4,7-8,10-11,14H2,1-2H3. The second kappa shape index (κ2) is 8.28. The lowest BCUT2D eigenvalue weighted by Crippen LogP contribution is -2.31. The molecule has 0 aliphatic carbocycles. The Balaban J connectivity index is 2.31. The Morgan fingerprint density at radius 2 is 2.29 bits per heavy atom. The maximum Gasteiger partial charge on any atom is 0.117 e. The summed E-state index contributed by atoms with van der Waals surface area (Å²) in [5.41, 5.74) is 5.66. The molecule has 0 saturated heterocycles. The molecule has 1 aromatic heterocycles. The van der Waals surface area contributed by atoms with Gasteiger partial charge in [0, 0.05) is 19.7 Å². The summed E-state index contributed by atoms with van der Waals surface area (Å²) in [6.45, 7) is 8.32. The minimum atomic E-state index is 0.172. The molecule has 0 amide bonds. The van der Waals surface area contributed by atoms with Crippen LogP contribution in [0.3, 0.4) is 0 Å². The van der Waals surface area contributed by atoms with Crippen LogP contribution in [0.25, 0.3) is 0 Å². The Labute approximate surface area is 104 Å². The number of nitrogens with two attached hydrogens (primary N) is 1. The Morgan fingerprint density at radius 1 is 1.47 bits per heavy atom. The summed E-state index contributed by atoms with van der Waals surface area (Å²) >= 11 is 0. The number of furan rings is 1. The number of hydrogen-bond acceptors (Lipinski definition) is 4. The summed E-state index contributed by atoms with van der Waals surface area (Å²) in [5.74, 6) is 1.01. The Morgan fingerprint density at radius 3 is 2.82 bits per heavy atom. The summed E-state index contributed by atoms with van der Waals surface area (Å²) in [4.78, 5) is 2.33. The van der Waals surface area contributed by atoms with E-state index in [1.54, 1.807) is 6.26 Å². The van der Waals surface area contributed by atoms with Crippen LogP contribution in [0.5, 0.6) is 0 Å². The molecule has 0 aliphatic rings. The van der Waals surface area contributed by atoms with Gasteiger partial charge in [-0.2, -0.15) is 0 Å². The fourth-order valence-corrected chi connectivity index (χ4v) is 1.80. The van der Waals surface area contributed by atoms with E-state index in [2.05, 4.69) is 11.8 Å². The molecule has 0 radical (unpaired) electrons. The van der Waals surface area contributed by atoms with Crippen molar-refractivity contribution in [2.45, 2.75) is 32.9 Å². The van der Waals surface area contributed by atoms with Crippen molar-refractivity contribution >= 4 is 0 Å². The van der Waals surface area contributed by atoms with E-state index in [1.165, 1.54) is 0 Å². The first-order valence-electron chi connectivity index (χ1n) is 6.36. The molecule has 0 spiro atoms. The van der Waals surface area contributed by atoms with Crippen LogP contribution in [0.4, 0.5) is 0 Å². The largest absolute Gasteiger partial charge is 0.468 e. The molecular formula is C13H24N2O2. The van der Waals surface area contributed by atoms with Gasteiger partial charge in [-0.15, -0.1) is 0 Å². The predicted molar refractivity (Wildman–Crippen MR) is 68.7 cm³/mol. The molecule has 17 heavy (non-hydrogen) atoms. The van der Waals surface area contributed by atoms with Gasteiger partial charge in [0.05, 0.1) is 18.9 Å². The first kappa shape index (κ1) is 14.2. The lowest BCUT2D eigenvalue weighted by Gasteiger charge is -2.22. The third kappa shape index (κ3) is 5.35. The van der Waals surface area contributed by atoms with Crippen molar-refractivity contribution < 1.29 is 9.15 Å². The fourth-order valence-electron chi connectivity index (χ4n) is 1.80. The van der Waals surface area contributed by atoms with E-state index in [-0.39, 0.29) is 6.10 Å². The molecule has 0 bridgehead atoms. The molecule has 1 rings (SSSR count). The molecular weight excluding hydrogens is 216 g/mol. The SMILES string of the molecule is CCOC(CN)CCN(CC)Cc1ccco1. The van der Waals surface area contributed by atoms with E-state index in [0.29, 0.717) is 6.54 Å². The second-order valence-electron chi connectivity index (χ2n) is 4.05. The normalized spacial score (nSPS) is 13.2. The summed E-state index contributed by atoms with van der Waals surface area (Å²) in [6, 6.07) is 3.93.